The minimum Gasteiger partial charge on any atom is -0.496 e. The third-order valence-corrected chi connectivity index (χ3v) is 4.11. The summed E-state index contributed by atoms with van der Waals surface area (Å²) in [6.45, 7) is 0. The highest BCUT2D eigenvalue weighted by Crippen LogP contribution is 2.35. The molecule has 0 saturated heterocycles. The van der Waals surface area contributed by atoms with Gasteiger partial charge in [-0.25, -0.2) is 0 Å². The van der Waals surface area contributed by atoms with Crippen LogP contribution in [0.4, 0.5) is 0 Å². The van der Waals surface area contributed by atoms with Crippen LogP contribution in [0.5, 0.6) is 17.2 Å². The lowest BCUT2D eigenvalue weighted by Gasteiger charge is -2.09. The summed E-state index contributed by atoms with van der Waals surface area (Å²) in [5.74, 6) is 1.86. The van der Waals surface area contributed by atoms with E-state index in [1.54, 1.807) is 44.6 Å². The Morgan fingerprint density at radius 2 is 1.33 bits per heavy atom. The predicted molar refractivity (Wildman–Crippen MR) is 98.7 cm³/mol. The first-order chi connectivity index (χ1) is 11.5. The molecule has 0 heterocycles. The molecule has 5 nitrogen and oxygen atoms in total. The maximum absolute atomic E-state index is 10.5. The Morgan fingerprint density at radius 3 is 1.79 bits per heavy atom. The van der Waals surface area contributed by atoms with Gasteiger partial charge in [-0.1, -0.05) is 0 Å². The van der Waals surface area contributed by atoms with E-state index in [9.17, 15) is 9.59 Å². The SMILES string of the molecule is COc1cc(C=O)cc(Br)c1OC.COc1ccc(C=O)cc1Br. The molecule has 7 heteroatoms. The van der Waals surface area contributed by atoms with Gasteiger partial charge in [-0.15, -0.1) is 0 Å². The van der Waals surface area contributed by atoms with Crippen LogP contribution in [0, 0.1) is 0 Å². The average Bonchev–Trinajstić information content (AvgIpc) is 2.61. The van der Waals surface area contributed by atoms with Crippen molar-refractivity contribution in [3.63, 3.8) is 0 Å². The van der Waals surface area contributed by atoms with E-state index in [-0.39, 0.29) is 0 Å². The normalized spacial score (nSPS) is 9.38. The van der Waals surface area contributed by atoms with E-state index in [1.807, 2.05) is 0 Å². The predicted octanol–water partition coefficient (Wildman–Crippen LogP) is 4.55. The van der Waals surface area contributed by atoms with E-state index in [2.05, 4.69) is 31.9 Å². The monoisotopic (exact) mass is 458 g/mol. The van der Waals surface area contributed by atoms with E-state index in [4.69, 9.17) is 14.2 Å². The van der Waals surface area contributed by atoms with Crippen molar-refractivity contribution in [1.29, 1.82) is 0 Å². The van der Waals surface area contributed by atoms with Gasteiger partial charge >= 0.3 is 0 Å². The Kier molecular flexibility index (Phi) is 8.49. The lowest BCUT2D eigenvalue weighted by molar-refractivity contribution is 0.111. The van der Waals surface area contributed by atoms with Gasteiger partial charge in [0.25, 0.3) is 0 Å². The molecular formula is C17H16Br2O5. The molecule has 0 spiro atoms. The molecule has 24 heavy (non-hydrogen) atoms. The second kappa shape index (κ2) is 10.1. The zero-order valence-electron chi connectivity index (χ0n) is 13.3. The smallest absolute Gasteiger partial charge is 0.174 e. The maximum atomic E-state index is 10.5. The van der Waals surface area contributed by atoms with Crippen molar-refractivity contribution in [2.75, 3.05) is 21.3 Å². The van der Waals surface area contributed by atoms with Crippen molar-refractivity contribution >= 4 is 44.4 Å². The summed E-state index contributed by atoms with van der Waals surface area (Å²) in [7, 11) is 4.66. The van der Waals surface area contributed by atoms with Crippen LogP contribution in [0.15, 0.2) is 39.3 Å². The number of benzene rings is 2. The molecule has 0 aliphatic carbocycles. The summed E-state index contributed by atoms with van der Waals surface area (Å²) in [6.07, 6.45) is 1.55. The molecule has 128 valence electrons. The Hall–Kier alpha value is -1.86. The molecule has 0 aliphatic heterocycles. The van der Waals surface area contributed by atoms with Gasteiger partial charge in [-0.2, -0.15) is 0 Å². The molecule has 0 fully saturated rings. The fourth-order valence-electron chi connectivity index (χ4n) is 1.76. The van der Waals surface area contributed by atoms with Gasteiger partial charge in [0.2, 0.25) is 0 Å². The number of hydrogen-bond acceptors (Lipinski definition) is 5. The van der Waals surface area contributed by atoms with Crippen LogP contribution in [-0.2, 0) is 0 Å². The number of hydrogen-bond donors (Lipinski definition) is 0. The molecule has 2 aromatic carbocycles. The van der Waals surface area contributed by atoms with Gasteiger partial charge in [0.15, 0.2) is 11.5 Å². The third kappa shape index (κ3) is 5.35. The van der Waals surface area contributed by atoms with E-state index in [1.165, 1.54) is 7.11 Å². The second-order valence-electron chi connectivity index (χ2n) is 4.37. The first kappa shape index (κ1) is 20.2. The molecule has 0 radical (unpaired) electrons. The number of ether oxygens (including phenoxy) is 3. The summed E-state index contributed by atoms with van der Waals surface area (Å²) in [5, 5.41) is 0. The number of halogens is 2. The van der Waals surface area contributed by atoms with Crippen LogP contribution < -0.4 is 14.2 Å². The van der Waals surface area contributed by atoms with Crippen molar-refractivity contribution in [2.24, 2.45) is 0 Å². The first-order valence-electron chi connectivity index (χ1n) is 6.66. The molecule has 0 aromatic heterocycles. The summed E-state index contributed by atoms with van der Waals surface area (Å²) in [6, 6.07) is 8.46. The maximum Gasteiger partial charge on any atom is 0.174 e. The molecule has 0 N–H and O–H groups in total. The van der Waals surface area contributed by atoms with E-state index < -0.39 is 0 Å². The largest absolute Gasteiger partial charge is 0.496 e. The van der Waals surface area contributed by atoms with Crippen molar-refractivity contribution in [3.05, 3.63) is 50.4 Å². The van der Waals surface area contributed by atoms with Crippen molar-refractivity contribution < 1.29 is 23.8 Å². The minimum absolute atomic E-state index is 0.541. The zero-order valence-corrected chi connectivity index (χ0v) is 16.5. The zero-order chi connectivity index (χ0) is 18.1. The summed E-state index contributed by atoms with van der Waals surface area (Å²) in [5.41, 5.74) is 1.18. The van der Waals surface area contributed by atoms with Crippen LogP contribution in [0.2, 0.25) is 0 Å². The summed E-state index contributed by atoms with van der Waals surface area (Å²) >= 11 is 6.54. The van der Waals surface area contributed by atoms with Gasteiger partial charge in [0.1, 0.15) is 18.3 Å². The van der Waals surface area contributed by atoms with Crippen LogP contribution in [0.1, 0.15) is 20.7 Å². The highest BCUT2D eigenvalue weighted by molar-refractivity contribution is 9.10. The lowest BCUT2D eigenvalue weighted by Crippen LogP contribution is -1.93. The Bertz CT molecular complexity index is 716. The lowest BCUT2D eigenvalue weighted by atomic mass is 10.2. The quantitative estimate of drug-likeness (QED) is 0.614. The standard InChI is InChI=1S/C9H9BrO3.C8H7BrO2/c1-12-8-4-6(5-11)3-7(10)9(8)13-2;1-11-8-3-2-6(5-10)4-7(8)9/h3-5H,1-2H3;2-5H,1H3. The fourth-order valence-corrected chi connectivity index (χ4v) is 2.94. The minimum atomic E-state index is 0.541. The number of aldehydes is 2. The van der Waals surface area contributed by atoms with Crippen molar-refractivity contribution in [3.8, 4) is 17.2 Å². The molecule has 0 saturated carbocycles. The topological polar surface area (TPSA) is 61.8 Å². The Labute approximate surface area is 157 Å². The molecular weight excluding hydrogens is 444 g/mol. The molecule has 2 aromatic rings. The molecule has 0 bridgehead atoms. The van der Waals surface area contributed by atoms with E-state index in [0.29, 0.717) is 27.1 Å². The summed E-state index contributed by atoms with van der Waals surface area (Å²) < 4.78 is 16.6. The van der Waals surface area contributed by atoms with Crippen LogP contribution in [-0.4, -0.2) is 33.9 Å². The molecule has 2 rings (SSSR count). The van der Waals surface area contributed by atoms with E-state index in [0.717, 1.165) is 22.8 Å². The second-order valence-corrected chi connectivity index (χ2v) is 6.08. The first-order valence-corrected chi connectivity index (χ1v) is 8.24. The van der Waals surface area contributed by atoms with Crippen molar-refractivity contribution in [1.82, 2.24) is 0 Å². The van der Waals surface area contributed by atoms with Crippen LogP contribution >= 0.6 is 31.9 Å². The van der Waals surface area contributed by atoms with E-state index >= 15 is 0 Å². The molecule has 0 aliphatic rings. The molecule has 0 amide bonds. The highest BCUT2D eigenvalue weighted by Gasteiger charge is 2.09. The van der Waals surface area contributed by atoms with Crippen LogP contribution in [0.3, 0.4) is 0 Å². The van der Waals surface area contributed by atoms with Gasteiger partial charge in [-0.3, -0.25) is 9.59 Å². The third-order valence-electron chi connectivity index (χ3n) is 2.90. The summed E-state index contributed by atoms with van der Waals surface area (Å²) in [4.78, 5) is 20.8. The van der Waals surface area contributed by atoms with Gasteiger partial charge < -0.3 is 14.2 Å². The van der Waals surface area contributed by atoms with Gasteiger partial charge in [-0.05, 0) is 62.2 Å². The fraction of sp³-hybridized carbons (Fsp3) is 0.176. The average molecular weight is 460 g/mol. The van der Waals surface area contributed by atoms with Crippen LogP contribution in [0.25, 0.3) is 0 Å². The Balaban J connectivity index is 0.000000243. The van der Waals surface area contributed by atoms with Gasteiger partial charge in [0, 0.05) is 11.1 Å². The Morgan fingerprint density at radius 1 is 0.750 bits per heavy atom. The number of carbonyl (C=O) groups is 2. The number of methoxy groups -OCH3 is 3. The van der Waals surface area contributed by atoms with Crippen molar-refractivity contribution in [2.45, 2.75) is 0 Å². The molecule has 0 unspecified atom stereocenters. The molecule has 0 atom stereocenters. The number of rotatable bonds is 5. The highest BCUT2D eigenvalue weighted by atomic mass is 79.9. The van der Waals surface area contributed by atoms with Gasteiger partial charge in [0.05, 0.1) is 30.3 Å². The number of carbonyl (C=O) groups excluding carboxylic acids is 2.